The number of hydrogen-bond donors (Lipinski definition) is 0. The van der Waals surface area contributed by atoms with E-state index in [0.717, 1.165) is 30.8 Å². The smallest absolute Gasteiger partial charge is 0.369 e. The van der Waals surface area contributed by atoms with Crippen molar-refractivity contribution >= 4 is 33.8 Å². The highest BCUT2D eigenvalue weighted by Gasteiger charge is 2.31. The summed E-state index contributed by atoms with van der Waals surface area (Å²) in [5.41, 5.74) is 1.17. The zero-order chi connectivity index (χ0) is 19.7. The summed E-state index contributed by atoms with van der Waals surface area (Å²) in [6.07, 6.45) is -2.06. The van der Waals surface area contributed by atoms with Crippen LogP contribution in [0.4, 0.5) is 18.9 Å². The molecule has 1 saturated heterocycles. The van der Waals surface area contributed by atoms with Crippen molar-refractivity contribution in [2.45, 2.75) is 12.6 Å². The summed E-state index contributed by atoms with van der Waals surface area (Å²) < 4.78 is 39.0. The molecule has 0 bridgehead atoms. The lowest BCUT2D eigenvalue weighted by Crippen LogP contribution is -2.35. The van der Waals surface area contributed by atoms with Crippen molar-refractivity contribution in [3.8, 4) is 0 Å². The minimum absolute atomic E-state index is 0.0255. The van der Waals surface area contributed by atoms with Gasteiger partial charge in [-0.05, 0) is 36.1 Å². The first-order valence-electron chi connectivity index (χ1n) is 8.96. The molecule has 0 N–H and O–H groups in total. The maximum atomic E-state index is 13.0. The van der Waals surface area contributed by atoms with E-state index in [1.807, 2.05) is 27.8 Å². The summed E-state index contributed by atoms with van der Waals surface area (Å²) in [7, 11) is 0. The minimum atomic E-state index is -4.39. The molecular weight excluding hydrogens is 387 g/mol. The van der Waals surface area contributed by atoms with Crippen LogP contribution in [-0.2, 0) is 6.18 Å². The second-order valence-electron chi connectivity index (χ2n) is 6.70. The van der Waals surface area contributed by atoms with Gasteiger partial charge in [0.15, 0.2) is 0 Å². The second-order valence-corrected chi connectivity index (χ2v) is 7.48. The Labute approximate surface area is 164 Å². The van der Waals surface area contributed by atoms with Crippen molar-refractivity contribution in [3.05, 3.63) is 58.4 Å². The fourth-order valence-corrected chi connectivity index (χ4v) is 4.15. The third-order valence-corrected chi connectivity index (χ3v) is 5.62. The van der Waals surface area contributed by atoms with Crippen LogP contribution in [0.1, 0.15) is 22.3 Å². The fourth-order valence-electron chi connectivity index (χ4n) is 3.52. The van der Waals surface area contributed by atoms with Gasteiger partial charge >= 0.3 is 6.18 Å². The Bertz CT molecular complexity index is 988. The van der Waals surface area contributed by atoms with E-state index in [0.29, 0.717) is 36.1 Å². The van der Waals surface area contributed by atoms with Gasteiger partial charge in [-0.15, -0.1) is 0 Å². The van der Waals surface area contributed by atoms with Gasteiger partial charge in [0.05, 0.1) is 16.6 Å². The number of carbonyl (C=O) groups excluding carboxylic acids is 1. The summed E-state index contributed by atoms with van der Waals surface area (Å²) in [4.78, 5) is 20.7. The predicted molar refractivity (Wildman–Crippen MR) is 104 cm³/mol. The molecule has 1 fully saturated rings. The molecular formula is C20H18F3N3OS. The average molecular weight is 405 g/mol. The van der Waals surface area contributed by atoms with Gasteiger partial charge < -0.3 is 9.80 Å². The number of fused-ring (bicyclic) bond motifs is 1. The molecule has 3 aromatic rings. The Morgan fingerprint density at radius 3 is 2.68 bits per heavy atom. The van der Waals surface area contributed by atoms with Gasteiger partial charge in [0, 0.05) is 48.8 Å². The molecule has 1 aliphatic heterocycles. The van der Waals surface area contributed by atoms with Gasteiger partial charge in [-0.3, -0.25) is 9.78 Å². The molecule has 146 valence electrons. The number of nitrogens with zero attached hydrogens (tertiary/aromatic N) is 3. The van der Waals surface area contributed by atoms with E-state index in [9.17, 15) is 18.0 Å². The van der Waals surface area contributed by atoms with Crippen molar-refractivity contribution in [2.24, 2.45) is 0 Å². The van der Waals surface area contributed by atoms with Crippen LogP contribution in [0.15, 0.2) is 47.3 Å². The van der Waals surface area contributed by atoms with Crippen LogP contribution in [0.3, 0.4) is 0 Å². The number of thiophene rings is 1. The summed E-state index contributed by atoms with van der Waals surface area (Å²) in [6, 6.07) is 7.32. The Balaban J connectivity index is 1.57. The predicted octanol–water partition coefficient (Wildman–Crippen LogP) is 4.67. The van der Waals surface area contributed by atoms with Crippen molar-refractivity contribution in [2.75, 3.05) is 31.1 Å². The normalized spacial score (nSPS) is 15.7. The molecule has 4 rings (SSSR count). The Morgan fingerprint density at radius 1 is 1.07 bits per heavy atom. The van der Waals surface area contributed by atoms with Crippen LogP contribution >= 0.6 is 11.3 Å². The number of halogens is 3. The Kier molecular flexibility index (Phi) is 4.97. The molecule has 1 aliphatic rings. The SMILES string of the molecule is O=C(c1ccsc1)N1CCCN(c2ccnc3cc(C(F)(F)F)ccc23)CC1. The fraction of sp³-hybridized carbons (Fsp3) is 0.300. The number of anilines is 1. The topological polar surface area (TPSA) is 36.4 Å². The van der Waals surface area contributed by atoms with Crippen LogP contribution < -0.4 is 4.90 Å². The van der Waals surface area contributed by atoms with E-state index in [1.54, 1.807) is 0 Å². The van der Waals surface area contributed by atoms with Gasteiger partial charge in [0.2, 0.25) is 0 Å². The number of hydrogen-bond acceptors (Lipinski definition) is 4. The third-order valence-electron chi connectivity index (χ3n) is 4.94. The zero-order valence-electron chi connectivity index (χ0n) is 14.9. The standard InChI is InChI=1S/C20H18F3N3OS/c21-20(22,23)15-2-3-16-17(12-15)24-6-4-18(16)25-7-1-8-26(10-9-25)19(27)14-5-11-28-13-14/h2-6,11-13H,1,7-10H2. The summed E-state index contributed by atoms with van der Waals surface area (Å²) in [5, 5.41) is 4.42. The molecule has 28 heavy (non-hydrogen) atoms. The van der Waals surface area contributed by atoms with Gasteiger partial charge in [-0.1, -0.05) is 6.07 Å². The van der Waals surface area contributed by atoms with E-state index in [-0.39, 0.29) is 5.91 Å². The molecule has 3 heterocycles. The number of amides is 1. The molecule has 0 spiro atoms. The number of pyridine rings is 1. The van der Waals surface area contributed by atoms with Crippen LogP contribution in [0.25, 0.3) is 10.9 Å². The Morgan fingerprint density at radius 2 is 1.93 bits per heavy atom. The minimum Gasteiger partial charge on any atom is -0.369 e. The van der Waals surface area contributed by atoms with Gasteiger partial charge in [0.25, 0.3) is 5.91 Å². The van der Waals surface area contributed by atoms with Crippen LogP contribution in [0.2, 0.25) is 0 Å². The molecule has 2 aromatic heterocycles. The van der Waals surface area contributed by atoms with Crippen molar-refractivity contribution in [3.63, 3.8) is 0 Å². The van der Waals surface area contributed by atoms with E-state index >= 15 is 0 Å². The average Bonchev–Trinajstić information content (AvgIpc) is 3.11. The molecule has 1 aromatic carbocycles. The third kappa shape index (κ3) is 3.69. The highest BCUT2D eigenvalue weighted by atomic mass is 32.1. The monoisotopic (exact) mass is 405 g/mol. The summed E-state index contributed by atoms with van der Waals surface area (Å²) in [6.45, 7) is 2.58. The van der Waals surface area contributed by atoms with Gasteiger partial charge in [-0.25, -0.2) is 0 Å². The highest BCUT2D eigenvalue weighted by Crippen LogP contribution is 2.33. The molecule has 0 radical (unpaired) electrons. The van der Waals surface area contributed by atoms with Crippen LogP contribution in [0, 0.1) is 0 Å². The van der Waals surface area contributed by atoms with E-state index < -0.39 is 11.7 Å². The lowest BCUT2D eigenvalue weighted by molar-refractivity contribution is -0.137. The lowest BCUT2D eigenvalue weighted by atomic mass is 10.1. The number of benzene rings is 1. The van der Waals surface area contributed by atoms with Gasteiger partial charge in [0.1, 0.15) is 0 Å². The maximum absolute atomic E-state index is 13.0. The van der Waals surface area contributed by atoms with E-state index in [4.69, 9.17) is 0 Å². The molecule has 4 nitrogen and oxygen atoms in total. The zero-order valence-corrected chi connectivity index (χ0v) is 15.8. The quantitative estimate of drug-likeness (QED) is 0.622. The lowest BCUT2D eigenvalue weighted by Gasteiger charge is -2.25. The first-order chi connectivity index (χ1) is 13.4. The summed E-state index contributed by atoms with van der Waals surface area (Å²) >= 11 is 1.49. The van der Waals surface area contributed by atoms with E-state index in [2.05, 4.69) is 9.88 Å². The number of rotatable bonds is 2. The second kappa shape index (κ2) is 7.43. The molecule has 1 amide bonds. The van der Waals surface area contributed by atoms with Crippen molar-refractivity contribution < 1.29 is 18.0 Å². The molecule has 0 saturated carbocycles. The molecule has 0 atom stereocenters. The van der Waals surface area contributed by atoms with Crippen molar-refractivity contribution in [1.82, 2.24) is 9.88 Å². The number of aromatic nitrogens is 1. The first kappa shape index (κ1) is 18.7. The number of alkyl halides is 3. The summed E-state index contributed by atoms with van der Waals surface area (Å²) in [5.74, 6) is 0.0255. The largest absolute Gasteiger partial charge is 0.416 e. The van der Waals surface area contributed by atoms with Gasteiger partial charge in [-0.2, -0.15) is 24.5 Å². The Hall–Kier alpha value is -2.61. The maximum Gasteiger partial charge on any atom is 0.416 e. The van der Waals surface area contributed by atoms with Crippen LogP contribution in [0.5, 0.6) is 0 Å². The molecule has 8 heteroatoms. The molecule has 0 aliphatic carbocycles. The van der Waals surface area contributed by atoms with Crippen LogP contribution in [-0.4, -0.2) is 42.0 Å². The van der Waals surface area contributed by atoms with Crippen molar-refractivity contribution in [1.29, 1.82) is 0 Å². The van der Waals surface area contributed by atoms with E-state index in [1.165, 1.54) is 23.6 Å². The number of carbonyl (C=O) groups is 1. The highest BCUT2D eigenvalue weighted by molar-refractivity contribution is 7.08. The molecule has 0 unspecified atom stereocenters. The first-order valence-corrected chi connectivity index (χ1v) is 9.90.